The Morgan fingerprint density at radius 2 is 2.17 bits per heavy atom. The van der Waals surface area contributed by atoms with Crippen LogP contribution >= 0.6 is 23.5 Å². The first-order chi connectivity index (χ1) is 8.49. The minimum atomic E-state index is -3.03. The molecule has 0 saturated carbocycles. The van der Waals surface area contributed by atoms with Gasteiger partial charge >= 0.3 is 0 Å². The highest BCUT2D eigenvalue weighted by molar-refractivity contribution is 8.01. The molecule has 2 atom stereocenters. The van der Waals surface area contributed by atoms with Crippen molar-refractivity contribution in [2.75, 3.05) is 42.4 Å². The first-order valence-electron chi connectivity index (χ1n) is 6.31. The lowest BCUT2D eigenvalue weighted by Crippen LogP contribution is -2.64. The summed E-state index contributed by atoms with van der Waals surface area (Å²) in [5.74, 6) is 3.84. The second-order valence-corrected chi connectivity index (χ2v) is 9.60. The molecule has 7 heteroatoms. The summed E-state index contributed by atoms with van der Waals surface area (Å²) in [4.78, 5) is 2.20. The number of sulfone groups is 1. The molecule has 0 aliphatic carbocycles. The molecule has 0 aromatic rings. The van der Waals surface area contributed by atoms with E-state index in [4.69, 9.17) is 5.73 Å². The Labute approximate surface area is 118 Å². The number of nitrogens with two attached hydrogens (primary N) is 1. The van der Waals surface area contributed by atoms with E-state index in [0.29, 0.717) is 12.3 Å². The molecule has 2 rings (SSSR count). The maximum absolute atomic E-state index is 12.0. The first-order valence-corrected chi connectivity index (χ1v) is 10.6. The summed E-state index contributed by atoms with van der Waals surface area (Å²) < 4.78 is 24.0. The molecule has 0 radical (unpaired) electrons. The molecule has 0 aromatic carbocycles. The predicted molar refractivity (Wildman–Crippen MR) is 81.0 cm³/mol. The van der Waals surface area contributed by atoms with Gasteiger partial charge in [-0.3, -0.25) is 4.90 Å². The van der Waals surface area contributed by atoms with Crippen molar-refractivity contribution in [3.63, 3.8) is 0 Å². The topological polar surface area (TPSA) is 63.4 Å². The molecule has 0 aromatic heterocycles. The van der Waals surface area contributed by atoms with Gasteiger partial charge < -0.3 is 5.73 Å². The zero-order valence-corrected chi connectivity index (χ0v) is 13.2. The van der Waals surface area contributed by atoms with Crippen molar-refractivity contribution in [1.29, 1.82) is 0 Å². The summed E-state index contributed by atoms with van der Waals surface area (Å²) in [6, 6.07) is 0. The van der Waals surface area contributed by atoms with E-state index in [9.17, 15) is 8.42 Å². The highest BCUT2D eigenvalue weighted by Gasteiger charge is 2.44. The summed E-state index contributed by atoms with van der Waals surface area (Å²) in [7, 11) is -3.03. The predicted octanol–water partition coefficient (Wildman–Crippen LogP) is 0.630. The molecule has 0 spiro atoms. The Hall–Kier alpha value is 0.570. The maximum Gasteiger partial charge on any atom is 0.164 e. The molecule has 2 unspecified atom stereocenters. The van der Waals surface area contributed by atoms with Crippen LogP contribution in [-0.4, -0.2) is 66.6 Å². The van der Waals surface area contributed by atoms with Gasteiger partial charge in [-0.05, 0) is 18.6 Å². The van der Waals surface area contributed by atoms with E-state index in [2.05, 4.69) is 4.90 Å². The highest BCUT2D eigenvalue weighted by atomic mass is 32.2. The second-order valence-electron chi connectivity index (χ2n) is 5.14. The first kappa shape index (κ1) is 15.0. The van der Waals surface area contributed by atoms with Crippen molar-refractivity contribution >= 4 is 33.4 Å². The van der Waals surface area contributed by atoms with Crippen molar-refractivity contribution in [3.8, 4) is 0 Å². The third kappa shape index (κ3) is 3.00. The standard InChI is InChI=1S/C11H22N2O2S3/c1-18(14,15)10-7-16-6-4-13(10)11(8-12)3-2-5-17-9-11/h10H,2-9,12H2,1H3. The van der Waals surface area contributed by atoms with Crippen LogP contribution in [0.5, 0.6) is 0 Å². The van der Waals surface area contributed by atoms with E-state index in [1.54, 1.807) is 11.8 Å². The van der Waals surface area contributed by atoms with E-state index in [0.717, 1.165) is 30.9 Å². The molecule has 18 heavy (non-hydrogen) atoms. The van der Waals surface area contributed by atoms with E-state index in [-0.39, 0.29) is 10.9 Å². The Balaban J connectivity index is 2.26. The van der Waals surface area contributed by atoms with Gasteiger partial charge in [0.05, 0.1) is 0 Å². The second kappa shape index (κ2) is 5.91. The van der Waals surface area contributed by atoms with Crippen LogP contribution in [-0.2, 0) is 9.84 Å². The molecule has 2 saturated heterocycles. The lowest BCUT2D eigenvalue weighted by atomic mass is 9.93. The molecular formula is C11H22N2O2S3. The number of hydrogen-bond donors (Lipinski definition) is 1. The number of rotatable bonds is 3. The Morgan fingerprint density at radius 1 is 1.39 bits per heavy atom. The van der Waals surface area contributed by atoms with Crippen LogP contribution in [0.1, 0.15) is 12.8 Å². The summed E-state index contributed by atoms with van der Waals surface area (Å²) in [6.07, 6.45) is 3.53. The normalized spacial score (nSPS) is 35.6. The largest absolute Gasteiger partial charge is 0.329 e. The molecule has 0 bridgehead atoms. The van der Waals surface area contributed by atoms with Gasteiger partial charge in [-0.25, -0.2) is 8.42 Å². The van der Waals surface area contributed by atoms with Crippen molar-refractivity contribution in [2.24, 2.45) is 5.73 Å². The van der Waals surface area contributed by atoms with Gasteiger partial charge in [0, 0.05) is 42.1 Å². The van der Waals surface area contributed by atoms with Crippen molar-refractivity contribution in [1.82, 2.24) is 4.90 Å². The van der Waals surface area contributed by atoms with Crippen molar-refractivity contribution < 1.29 is 8.42 Å². The van der Waals surface area contributed by atoms with Crippen LogP contribution in [0.2, 0.25) is 0 Å². The smallest absolute Gasteiger partial charge is 0.164 e. The number of thioether (sulfide) groups is 2. The van der Waals surface area contributed by atoms with Gasteiger partial charge in [0.2, 0.25) is 0 Å². The zero-order chi connectivity index (χ0) is 13.2. The van der Waals surface area contributed by atoms with Gasteiger partial charge in [-0.2, -0.15) is 23.5 Å². The minimum absolute atomic E-state index is 0.0996. The number of hydrogen-bond acceptors (Lipinski definition) is 6. The summed E-state index contributed by atoms with van der Waals surface area (Å²) in [6.45, 7) is 1.41. The summed E-state index contributed by atoms with van der Waals surface area (Å²) in [5.41, 5.74) is 5.92. The average molecular weight is 311 g/mol. The molecular weight excluding hydrogens is 288 g/mol. The molecule has 2 aliphatic rings. The summed E-state index contributed by atoms with van der Waals surface area (Å²) >= 11 is 3.65. The van der Waals surface area contributed by atoms with Gasteiger partial charge in [0.25, 0.3) is 0 Å². The molecule has 2 N–H and O–H groups in total. The van der Waals surface area contributed by atoms with Gasteiger partial charge in [0.15, 0.2) is 9.84 Å². The van der Waals surface area contributed by atoms with E-state index < -0.39 is 9.84 Å². The van der Waals surface area contributed by atoms with Crippen LogP contribution in [0.25, 0.3) is 0 Å². The molecule has 106 valence electrons. The fourth-order valence-electron chi connectivity index (χ4n) is 2.82. The highest BCUT2D eigenvalue weighted by Crippen LogP contribution is 2.36. The van der Waals surface area contributed by atoms with Crippen molar-refractivity contribution in [3.05, 3.63) is 0 Å². The lowest BCUT2D eigenvalue weighted by Gasteiger charge is -2.50. The maximum atomic E-state index is 12.0. The molecule has 4 nitrogen and oxygen atoms in total. The Bertz CT molecular complexity index is 380. The quantitative estimate of drug-likeness (QED) is 0.825. The van der Waals surface area contributed by atoms with Crippen LogP contribution in [0.15, 0.2) is 0 Å². The third-order valence-electron chi connectivity index (χ3n) is 3.87. The molecule has 2 aliphatic heterocycles. The molecule has 2 heterocycles. The number of nitrogens with zero attached hydrogens (tertiary/aromatic N) is 1. The Kier molecular flexibility index (Phi) is 4.91. The fraction of sp³-hybridized carbons (Fsp3) is 1.00. The van der Waals surface area contributed by atoms with Crippen LogP contribution in [0, 0.1) is 0 Å². The van der Waals surface area contributed by atoms with Gasteiger partial charge in [-0.1, -0.05) is 0 Å². The van der Waals surface area contributed by atoms with Crippen molar-refractivity contribution in [2.45, 2.75) is 23.8 Å². The van der Waals surface area contributed by atoms with Gasteiger partial charge in [0.1, 0.15) is 5.37 Å². The van der Waals surface area contributed by atoms with Crippen LogP contribution in [0.3, 0.4) is 0 Å². The molecule has 2 fully saturated rings. The van der Waals surface area contributed by atoms with E-state index in [1.165, 1.54) is 12.0 Å². The lowest BCUT2D eigenvalue weighted by molar-refractivity contribution is 0.0982. The van der Waals surface area contributed by atoms with E-state index in [1.807, 2.05) is 11.8 Å². The minimum Gasteiger partial charge on any atom is -0.329 e. The van der Waals surface area contributed by atoms with Gasteiger partial charge in [-0.15, -0.1) is 0 Å². The SMILES string of the molecule is CS(=O)(=O)C1CSCCN1C1(CN)CCCSC1. The zero-order valence-electron chi connectivity index (χ0n) is 10.8. The molecule has 0 amide bonds. The fourth-order valence-corrected chi connectivity index (χ4v) is 7.06. The Morgan fingerprint density at radius 3 is 2.72 bits per heavy atom. The average Bonchev–Trinajstić information content (AvgIpc) is 2.38. The monoisotopic (exact) mass is 310 g/mol. The third-order valence-corrected chi connectivity index (χ3v) is 7.83. The summed E-state index contributed by atoms with van der Waals surface area (Å²) in [5, 5.41) is -0.349. The van der Waals surface area contributed by atoms with E-state index >= 15 is 0 Å². The van der Waals surface area contributed by atoms with Crippen LogP contribution < -0.4 is 5.73 Å². The van der Waals surface area contributed by atoms with Crippen LogP contribution in [0.4, 0.5) is 0 Å².